The molecule has 3 unspecified atom stereocenters. The van der Waals surface area contributed by atoms with Crippen molar-refractivity contribution in [3.8, 4) is 0 Å². The molecule has 0 aromatic heterocycles. The Hall–Kier alpha value is -0.600. The maximum atomic E-state index is 10.4. The summed E-state index contributed by atoms with van der Waals surface area (Å²) in [5.74, 6) is 1.27. The van der Waals surface area contributed by atoms with Gasteiger partial charge < -0.3 is 10.2 Å². The molecule has 4 aliphatic rings. The van der Waals surface area contributed by atoms with Crippen molar-refractivity contribution in [2.24, 2.45) is 22.7 Å². The molecule has 0 aromatic carbocycles. The number of hydrogen-bond acceptors (Lipinski definition) is 2. The largest absolute Gasteiger partial charge is 0.392 e. The molecule has 0 amide bonds. The third kappa shape index (κ3) is 1.78. The van der Waals surface area contributed by atoms with Crippen molar-refractivity contribution in [3.05, 3.63) is 23.3 Å². The average molecular weight is 288 g/mol. The lowest BCUT2D eigenvalue weighted by molar-refractivity contribution is 0.0275. The van der Waals surface area contributed by atoms with E-state index in [1.54, 1.807) is 11.1 Å². The molecule has 0 aliphatic heterocycles. The van der Waals surface area contributed by atoms with E-state index >= 15 is 0 Å². The van der Waals surface area contributed by atoms with Gasteiger partial charge in [0.1, 0.15) is 0 Å². The second-order valence-corrected chi connectivity index (χ2v) is 8.33. The lowest BCUT2D eigenvalue weighted by Crippen LogP contribution is -2.46. The van der Waals surface area contributed by atoms with E-state index < -0.39 is 0 Å². The van der Waals surface area contributed by atoms with Crippen LogP contribution in [0.4, 0.5) is 0 Å². The third-order valence-electron chi connectivity index (χ3n) is 7.45. The number of rotatable bonds is 0. The van der Waals surface area contributed by atoms with Gasteiger partial charge in [0.25, 0.3) is 0 Å². The zero-order chi connectivity index (χ0) is 14.8. The highest BCUT2D eigenvalue weighted by Gasteiger charge is 2.53. The van der Waals surface area contributed by atoms with Crippen molar-refractivity contribution in [3.63, 3.8) is 0 Å². The number of fused-ring (bicyclic) bond motifs is 4. The monoisotopic (exact) mass is 288 g/mol. The maximum absolute atomic E-state index is 10.4. The third-order valence-corrected chi connectivity index (χ3v) is 7.45. The summed E-state index contributed by atoms with van der Waals surface area (Å²) >= 11 is 0. The van der Waals surface area contributed by atoms with E-state index in [1.165, 1.54) is 19.3 Å². The van der Waals surface area contributed by atoms with Gasteiger partial charge in [-0.05, 0) is 62.2 Å². The number of aliphatic hydroxyl groups is 2. The van der Waals surface area contributed by atoms with Gasteiger partial charge in [-0.3, -0.25) is 0 Å². The molecule has 6 atom stereocenters. The molecule has 21 heavy (non-hydrogen) atoms. The van der Waals surface area contributed by atoms with Crippen molar-refractivity contribution in [2.75, 3.05) is 0 Å². The Morgan fingerprint density at radius 1 is 1.10 bits per heavy atom. The summed E-state index contributed by atoms with van der Waals surface area (Å²) in [6.07, 6.45) is 11.7. The summed E-state index contributed by atoms with van der Waals surface area (Å²) in [6.45, 7) is 4.70. The normalized spacial score (nSPS) is 52.4. The van der Waals surface area contributed by atoms with Crippen molar-refractivity contribution in [1.82, 2.24) is 0 Å². The highest BCUT2D eigenvalue weighted by Crippen LogP contribution is 2.62. The fourth-order valence-electron chi connectivity index (χ4n) is 6.01. The number of aliphatic hydroxyl groups excluding tert-OH is 2. The van der Waals surface area contributed by atoms with Crippen molar-refractivity contribution < 1.29 is 10.2 Å². The van der Waals surface area contributed by atoms with Crippen LogP contribution in [0.3, 0.4) is 0 Å². The first-order valence-corrected chi connectivity index (χ1v) is 8.73. The average Bonchev–Trinajstić information content (AvgIpc) is 2.76. The van der Waals surface area contributed by atoms with Gasteiger partial charge in [0, 0.05) is 5.41 Å². The molecule has 2 nitrogen and oxygen atoms in total. The Balaban J connectivity index is 1.78. The highest BCUT2D eigenvalue weighted by molar-refractivity contribution is 5.36. The topological polar surface area (TPSA) is 40.5 Å². The van der Waals surface area contributed by atoms with Crippen LogP contribution in [0.1, 0.15) is 58.8 Å². The van der Waals surface area contributed by atoms with Gasteiger partial charge in [0.05, 0.1) is 12.2 Å². The van der Waals surface area contributed by atoms with Crippen molar-refractivity contribution in [2.45, 2.75) is 71.0 Å². The molecule has 0 bridgehead atoms. The van der Waals surface area contributed by atoms with Crippen LogP contribution in [0.15, 0.2) is 23.3 Å². The van der Waals surface area contributed by atoms with Crippen molar-refractivity contribution in [1.29, 1.82) is 0 Å². The molecule has 0 spiro atoms. The molecular formula is C19H28O2. The summed E-state index contributed by atoms with van der Waals surface area (Å²) < 4.78 is 0. The van der Waals surface area contributed by atoms with Gasteiger partial charge in [-0.25, -0.2) is 0 Å². The van der Waals surface area contributed by atoms with E-state index in [0.717, 1.165) is 25.7 Å². The second kappa shape index (κ2) is 4.45. The fraction of sp³-hybridized carbons (Fsp3) is 0.789. The predicted molar refractivity (Wildman–Crippen MR) is 83.7 cm³/mol. The molecule has 0 aromatic rings. The predicted octanol–water partition coefficient (Wildman–Crippen LogP) is 3.59. The summed E-state index contributed by atoms with van der Waals surface area (Å²) in [7, 11) is 0. The molecule has 0 saturated heterocycles. The van der Waals surface area contributed by atoms with Crippen LogP contribution in [0.25, 0.3) is 0 Å². The Morgan fingerprint density at radius 3 is 2.71 bits per heavy atom. The molecule has 4 rings (SSSR count). The first-order valence-electron chi connectivity index (χ1n) is 8.73. The van der Waals surface area contributed by atoms with Crippen LogP contribution in [0, 0.1) is 22.7 Å². The lowest BCUT2D eigenvalue weighted by Gasteiger charge is -2.54. The quantitative estimate of drug-likeness (QED) is 0.669. The summed E-state index contributed by atoms with van der Waals surface area (Å²) in [6, 6.07) is 0. The van der Waals surface area contributed by atoms with Gasteiger partial charge in [0.15, 0.2) is 0 Å². The standard InChI is InChI=1S/C19H28O2/c1-18-9-7-13(20)11-12(18)3-4-14-15-5-6-17(21)19(15,2)10-8-16(14)18/h7,9,12-13,16-17,20-21H,3-6,8,10-11H2,1-2H3/t12?,13?,16-,17?,18+,19+/m1/s1. The minimum Gasteiger partial charge on any atom is -0.392 e. The minimum atomic E-state index is -0.237. The smallest absolute Gasteiger partial charge is 0.0724 e. The molecular weight excluding hydrogens is 260 g/mol. The van der Waals surface area contributed by atoms with Crippen LogP contribution in [-0.2, 0) is 0 Å². The minimum absolute atomic E-state index is 0.0624. The molecule has 2 saturated carbocycles. The molecule has 116 valence electrons. The van der Waals surface area contributed by atoms with Crippen LogP contribution in [0.5, 0.6) is 0 Å². The molecule has 4 aliphatic carbocycles. The number of hydrogen-bond donors (Lipinski definition) is 2. The Kier molecular flexibility index (Phi) is 2.97. The molecule has 2 fully saturated rings. The zero-order valence-corrected chi connectivity index (χ0v) is 13.3. The van der Waals surface area contributed by atoms with Crippen LogP contribution < -0.4 is 0 Å². The first-order chi connectivity index (χ1) is 9.95. The van der Waals surface area contributed by atoms with Crippen molar-refractivity contribution >= 4 is 0 Å². The van der Waals surface area contributed by atoms with Crippen LogP contribution in [0.2, 0.25) is 0 Å². The van der Waals surface area contributed by atoms with Crippen LogP contribution >= 0.6 is 0 Å². The Morgan fingerprint density at radius 2 is 1.90 bits per heavy atom. The lowest BCUT2D eigenvalue weighted by atomic mass is 9.51. The van der Waals surface area contributed by atoms with E-state index in [-0.39, 0.29) is 23.0 Å². The maximum Gasteiger partial charge on any atom is 0.0724 e. The van der Waals surface area contributed by atoms with E-state index in [0.29, 0.717) is 11.8 Å². The van der Waals surface area contributed by atoms with Gasteiger partial charge in [0.2, 0.25) is 0 Å². The van der Waals surface area contributed by atoms with E-state index in [2.05, 4.69) is 19.9 Å². The SMILES string of the molecule is C[C@]12CC[C@@H]3C(=C1CCC2O)CCC1CC(O)C=C[C@@]13C. The summed E-state index contributed by atoms with van der Waals surface area (Å²) in [5, 5.41) is 20.4. The van der Waals surface area contributed by atoms with Gasteiger partial charge >= 0.3 is 0 Å². The molecule has 0 heterocycles. The number of allylic oxidation sites excluding steroid dienone is 2. The van der Waals surface area contributed by atoms with E-state index in [1.807, 2.05) is 6.08 Å². The molecule has 0 radical (unpaired) electrons. The second-order valence-electron chi connectivity index (χ2n) is 8.33. The van der Waals surface area contributed by atoms with Gasteiger partial charge in [-0.2, -0.15) is 0 Å². The Labute approximate surface area is 127 Å². The Bertz CT molecular complexity index is 520. The molecule has 2 heteroatoms. The van der Waals surface area contributed by atoms with Crippen LogP contribution in [-0.4, -0.2) is 22.4 Å². The summed E-state index contributed by atoms with van der Waals surface area (Å²) in [4.78, 5) is 0. The van der Waals surface area contributed by atoms with Gasteiger partial charge in [-0.15, -0.1) is 0 Å². The summed E-state index contributed by atoms with van der Waals surface area (Å²) in [5.41, 5.74) is 3.58. The first kappa shape index (κ1) is 14.0. The van der Waals surface area contributed by atoms with E-state index in [9.17, 15) is 10.2 Å². The highest BCUT2D eigenvalue weighted by atomic mass is 16.3. The van der Waals surface area contributed by atoms with Gasteiger partial charge in [-0.1, -0.05) is 37.1 Å². The zero-order valence-electron chi connectivity index (χ0n) is 13.3. The fourth-order valence-corrected chi connectivity index (χ4v) is 6.01. The van der Waals surface area contributed by atoms with E-state index in [4.69, 9.17) is 0 Å². The molecule has 2 N–H and O–H groups in total.